The minimum atomic E-state index is -0.147. The van der Waals surface area contributed by atoms with E-state index in [2.05, 4.69) is 94.3 Å². The Labute approximate surface area is 817 Å². The van der Waals surface area contributed by atoms with Crippen molar-refractivity contribution < 1.29 is 72.9 Å². The SMILES string of the molecule is CCC1CC2=C/C(=N/O)CC[C@@H]2C2CC[C@@]3(CC)C(C4CC4[C@@]34CCC(=O)O4)C12.CC[C@]12CCC3C(C(C)CC4=C/C(=N/O)CC[C@@H]43)C1C1CC1[C@@]21CCC(=O)O1.CC[C@]12CCC3C(C=CC4=CC(=O)CC[C@@H]43)C1C1CC1[C@@]21CCC(=O)O1.CC[C@]12CCC3C(CCC4=C/C(=N/O)CC[C@@H]43)C1C1CC1[C@@]21CCC(=O)O1.CC[C@]12CCC3C4CCC(=O)C(Cl)=C4CCC3C1C1CC1[C@@]21CCC(=O)O1. The largest absolute Gasteiger partial charge is 0.458 e. The van der Waals surface area contributed by atoms with Gasteiger partial charge in [-0.25, -0.2) is 0 Å². The molecule has 19 saturated carbocycles. The maximum absolute atomic E-state index is 12.3. The summed E-state index contributed by atoms with van der Waals surface area (Å²) in [6.45, 7) is 16.6. The summed E-state index contributed by atoms with van der Waals surface area (Å²) in [6, 6.07) is 0. The number of fused-ring (bicyclic) bond motifs is 45. The average Bonchev–Trinajstić information content (AvgIpc) is 1.49. The molecule has 19 heteroatoms. The van der Waals surface area contributed by atoms with Gasteiger partial charge in [0.25, 0.3) is 0 Å². The van der Waals surface area contributed by atoms with E-state index in [0.29, 0.717) is 138 Å². The lowest BCUT2D eigenvalue weighted by atomic mass is 9.45. The van der Waals surface area contributed by atoms with Crippen LogP contribution in [0.25, 0.3) is 0 Å². The van der Waals surface area contributed by atoms with Crippen LogP contribution in [0, 0.1) is 216 Å². The van der Waals surface area contributed by atoms with E-state index in [1.807, 2.05) is 6.08 Å². The normalized spacial score (nSPS) is 53.9. The molecule has 25 aliphatic carbocycles. The van der Waals surface area contributed by atoms with Crippen LogP contribution in [-0.2, 0) is 57.2 Å². The summed E-state index contributed by atoms with van der Waals surface area (Å²) >= 11 is 6.46. The number of ketones is 2. The number of carbonyl (C=O) groups excluding carboxylic acids is 7. The molecule has 740 valence electrons. The van der Waals surface area contributed by atoms with Crippen molar-refractivity contribution in [1.82, 2.24) is 0 Å². The Morgan fingerprint density at radius 2 is 0.708 bits per heavy atom. The molecule has 5 spiro atoms. The van der Waals surface area contributed by atoms with Crippen molar-refractivity contribution in [1.29, 1.82) is 0 Å². The number of Topliss-reactive ketones (excluding diaryl/α,β-unsaturated/α-hetero) is 1. The smallest absolute Gasteiger partial charge is 0.306 e. The van der Waals surface area contributed by atoms with Crippen molar-refractivity contribution in [3.05, 3.63) is 69.4 Å². The molecule has 0 aromatic heterocycles. The van der Waals surface area contributed by atoms with Gasteiger partial charge in [0.05, 0.1) is 22.2 Å². The number of allylic oxidation sites excluding steroid dienone is 11. The van der Waals surface area contributed by atoms with E-state index in [4.69, 9.17) is 35.3 Å². The molecule has 0 bridgehead atoms. The molecule has 0 aromatic carbocycles. The molecule has 28 unspecified atom stereocenters. The van der Waals surface area contributed by atoms with E-state index in [0.717, 1.165) is 233 Å². The van der Waals surface area contributed by atoms with Crippen molar-refractivity contribution in [3.63, 3.8) is 0 Å². The lowest BCUT2D eigenvalue weighted by Gasteiger charge is -2.60. The van der Waals surface area contributed by atoms with Crippen LogP contribution in [0.1, 0.15) is 350 Å². The Morgan fingerprint density at radius 3 is 1.15 bits per heavy atom. The van der Waals surface area contributed by atoms with Crippen LogP contribution >= 0.6 is 11.6 Å². The van der Waals surface area contributed by atoms with Gasteiger partial charge in [0.15, 0.2) is 11.6 Å². The predicted molar refractivity (Wildman–Crippen MR) is 517 cm³/mol. The molecular weight excluding hydrogens is 1730 g/mol. The minimum absolute atomic E-state index is 0.0430. The van der Waals surface area contributed by atoms with Crippen molar-refractivity contribution in [2.75, 3.05) is 0 Å². The molecule has 0 amide bonds. The number of halogens is 1. The molecule has 5 heterocycles. The van der Waals surface area contributed by atoms with Gasteiger partial charge in [-0.1, -0.05) is 111 Å². The Hall–Kier alpha value is -6.17. The highest BCUT2D eigenvalue weighted by atomic mass is 35.5. The second kappa shape index (κ2) is 32.2. The zero-order chi connectivity index (χ0) is 93.8. The van der Waals surface area contributed by atoms with Gasteiger partial charge >= 0.3 is 29.8 Å². The molecule has 137 heavy (non-hydrogen) atoms. The summed E-state index contributed by atoms with van der Waals surface area (Å²) in [5, 5.41) is 38.9. The molecule has 24 fully saturated rings. The lowest BCUT2D eigenvalue weighted by Crippen LogP contribution is -2.57. The molecule has 42 atom stereocenters. The average molecular weight is 1890 g/mol. The lowest BCUT2D eigenvalue weighted by molar-refractivity contribution is -0.182. The van der Waals surface area contributed by atoms with Gasteiger partial charge in [0.2, 0.25) is 0 Å². The van der Waals surface area contributed by atoms with Crippen molar-refractivity contribution in [2.24, 2.45) is 232 Å². The van der Waals surface area contributed by atoms with Crippen molar-refractivity contribution in [3.8, 4) is 0 Å². The Balaban J connectivity index is 0.0000000887. The third kappa shape index (κ3) is 12.2. The fourth-order valence-electron chi connectivity index (χ4n) is 45.7. The Bertz CT molecular complexity index is 5380. The molecule has 30 aliphatic rings. The Kier molecular flexibility index (Phi) is 21.3. The molecule has 30 rings (SSSR count). The third-order valence-electron chi connectivity index (χ3n) is 49.9. The van der Waals surface area contributed by atoms with Crippen LogP contribution < -0.4 is 0 Å². The number of hydrogen-bond acceptors (Lipinski definition) is 18. The molecule has 5 aliphatic heterocycles. The first-order valence-electron chi connectivity index (χ1n) is 57.1. The molecular formula is C118H156ClN3O15. The van der Waals surface area contributed by atoms with Gasteiger partial charge in [-0.15, -0.1) is 0 Å². The number of rotatable bonds is 6. The van der Waals surface area contributed by atoms with Crippen LogP contribution in [0.15, 0.2) is 84.8 Å². The second-order valence-corrected chi connectivity index (χ2v) is 52.5. The quantitative estimate of drug-likeness (QED) is 0.0966. The highest BCUT2D eigenvalue weighted by molar-refractivity contribution is 6.43. The number of hydrogen-bond donors (Lipinski definition) is 3. The van der Waals surface area contributed by atoms with E-state index in [1.165, 1.54) is 159 Å². The Morgan fingerprint density at radius 1 is 0.343 bits per heavy atom. The van der Waals surface area contributed by atoms with Crippen LogP contribution in [0.5, 0.6) is 0 Å². The summed E-state index contributed by atoms with van der Waals surface area (Å²) < 4.78 is 31.3. The van der Waals surface area contributed by atoms with Gasteiger partial charge in [-0.05, 0) is 446 Å². The van der Waals surface area contributed by atoms with E-state index in [9.17, 15) is 49.2 Å². The highest BCUT2D eigenvalue weighted by Crippen LogP contribution is 2.86. The molecule has 18 nitrogen and oxygen atoms in total. The molecule has 5 saturated heterocycles. The number of ether oxygens (including phenoxy) is 5. The summed E-state index contributed by atoms with van der Waals surface area (Å²) in [6.07, 6.45) is 63.9. The highest BCUT2D eigenvalue weighted by Gasteiger charge is 2.86. The number of carbonyl (C=O) groups is 7. The van der Waals surface area contributed by atoms with Crippen LogP contribution in [0.3, 0.4) is 0 Å². The van der Waals surface area contributed by atoms with Crippen LogP contribution in [0.4, 0.5) is 0 Å². The van der Waals surface area contributed by atoms with Gasteiger partial charge in [0.1, 0.15) is 28.0 Å². The molecule has 0 radical (unpaired) electrons. The molecule has 0 aromatic rings. The first-order chi connectivity index (χ1) is 66.4. The summed E-state index contributed by atoms with van der Waals surface area (Å²) in [4.78, 5) is 85.0. The van der Waals surface area contributed by atoms with Crippen LogP contribution in [0.2, 0.25) is 0 Å². The monoisotopic (exact) mass is 1890 g/mol. The fraction of sp³-hybridized carbons (Fsp3) is 0.814. The predicted octanol–water partition coefficient (Wildman–Crippen LogP) is 24.3. The van der Waals surface area contributed by atoms with Gasteiger partial charge in [-0.3, -0.25) is 33.6 Å². The van der Waals surface area contributed by atoms with E-state index in [-0.39, 0.29) is 90.7 Å². The second-order valence-electron chi connectivity index (χ2n) is 52.1. The van der Waals surface area contributed by atoms with Gasteiger partial charge in [-0.2, -0.15) is 0 Å². The minimum Gasteiger partial charge on any atom is -0.458 e. The standard InChI is InChI=1S/C25H35NO3.C24H33NO3.C23H29ClO3.C23H31NO3.C23H28O3/c1-3-14-11-15-12-16(26-28)5-6-17(15)18-7-9-24(4-2)23(22(14)18)19-13-20(19)25(24)10-8-21(27)29-25;1-3-23-8-6-17-16-5-4-15(25-27)11-14(16)10-13(2)21(17)22(23)18-12-19(18)24(23)9-7-20(26)28-24;1-2-22-9-7-13-12-5-6-18(25)21(24)15(12)4-3-14(13)20(22)16-11-17(16)23(22)10-8-19(26)27-23;1-2-22-9-7-16-15-6-4-14(24-26)11-13(15)3-5-17(16)21(22)18-12-19(18)23(22)10-8-20(25)27-23;1-2-22-9-7-16-15-6-4-14(24)11-13(15)3-5-17(16)21(22)18-12-19(18)23(22)10-8-20(25)26-23/h12,14,17-20,22-23,28H,3-11,13H2,1-2H3;11,13,16-19,21-22,27H,3-10,12H2,1-2H3;12-14,16-17,20H,2-11H2,1H3;11,15-19,21,26H,2-10,12H2,1H3;3,5,11,15-19,21H,2,4,6-10,12H2,1H3/b26-16+;25-15+;;24-14+;/t14?,17-,18?,19?,20?,22?,23?,24-,25-;13?,16-,17?,18?,19?,21?,22?,23-,24-;12?,13?,14?,16?,17?,20?,22-,23-;2*15-,16?,17?,18?,19?,21?,22-,23-/m00000/s1. The van der Waals surface area contributed by atoms with E-state index < -0.39 is 0 Å². The maximum atomic E-state index is 12.3. The fourth-order valence-corrected chi connectivity index (χ4v) is 46.0. The van der Waals surface area contributed by atoms with Gasteiger partial charge in [0, 0.05) is 102 Å². The van der Waals surface area contributed by atoms with E-state index in [1.54, 1.807) is 16.7 Å². The zero-order valence-electron chi connectivity index (χ0n) is 83.1. The van der Waals surface area contributed by atoms with Crippen molar-refractivity contribution in [2.45, 2.75) is 378 Å². The number of oxime groups is 3. The number of nitrogens with zero attached hydrogens (tertiary/aromatic N) is 3. The van der Waals surface area contributed by atoms with Crippen molar-refractivity contribution >= 4 is 70.1 Å². The first kappa shape index (κ1) is 90.8. The third-order valence-corrected chi connectivity index (χ3v) is 50.4. The first-order valence-corrected chi connectivity index (χ1v) is 57.4. The summed E-state index contributed by atoms with van der Waals surface area (Å²) in [5.74, 6) is 23.6. The van der Waals surface area contributed by atoms with Crippen LogP contribution in [-0.4, -0.2) is 102 Å². The zero-order valence-corrected chi connectivity index (χ0v) is 83.9. The molecule has 3 N–H and O–H groups in total. The van der Waals surface area contributed by atoms with E-state index >= 15 is 0 Å². The summed E-state index contributed by atoms with van der Waals surface area (Å²) in [7, 11) is 0. The topological polar surface area (TPSA) is 263 Å². The maximum Gasteiger partial charge on any atom is 0.306 e. The van der Waals surface area contributed by atoms with Gasteiger partial charge < -0.3 is 39.3 Å². The summed E-state index contributed by atoms with van der Waals surface area (Å²) in [5.41, 5.74) is 10.3. The number of esters is 5.